The lowest BCUT2D eigenvalue weighted by molar-refractivity contribution is -0.136. The SMILES string of the molecule is COC(=O)C1=C(C)NC(=S)N[C@@H]1c1ccc(OC)c(Br)c1. The van der Waals surface area contributed by atoms with Crippen LogP contribution in [-0.4, -0.2) is 25.3 Å². The van der Waals surface area contributed by atoms with Crippen molar-refractivity contribution in [2.45, 2.75) is 13.0 Å². The Morgan fingerprint density at radius 3 is 2.67 bits per heavy atom. The van der Waals surface area contributed by atoms with Crippen LogP contribution in [0.4, 0.5) is 0 Å². The van der Waals surface area contributed by atoms with Crippen LogP contribution in [0.5, 0.6) is 5.75 Å². The molecule has 2 N–H and O–H groups in total. The van der Waals surface area contributed by atoms with Crippen LogP contribution < -0.4 is 15.4 Å². The number of rotatable bonds is 3. The molecule has 1 atom stereocenters. The largest absolute Gasteiger partial charge is 0.496 e. The van der Waals surface area contributed by atoms with E-state index in [9.17, 15) is 4.79 Å². The van der Waals surface area contributed by atoms with Crippen LogP contribution >= 0.6 is 28.1 Å². The van der Waals surface area contributed by atoms with Crippen molar-refractivity contribution in [3.63, 3.8) is 0 Å². The molecule has 0 fully saturated rings. The summed E-state index contributed by atoms with van der Waals surface area (Å²) in [5.41, 5.74) is 2.07. The molecule has 0 amide bonds. The Balaban J connectivity index is 2.48. The molecule has 0 saturated heterocycles. The molecule has 112 valence electrons. The average Bonchev–Trinajstić information content (AvgIpc) is 2.45. The summed E-state index contributed by atoms with van der Waals surface area (Å²) in [6, 6.07) is 5.23. The zero-order valence-corrected chi connectivity index (χ0v) is 14.2. The predicted molar refractivity (Wildman–Crippen MR) is 87.0 cm³/mol. The van der Waals surface area contributed by atoms with Gasteiger partial charge in [-0.3, -0.25) is 0 Å². The highest BCUT2D eigenvalue weighted by Crippen LogP contribution is 2.32. The van der Waals surface area contributed by atoms with Crippen molar-refractivity contribution in [3.8, 4) is 5.75 Å². The maximum absolute atomic E-state index is 12.0. The van der Waals surface area contributed by atoms with Crippen LogP contribution in [0, 0.1) is 0 Å². The van der Waals surface area contributed by atoms with Gasteiger partial charge in [0.1, 0.15) is 5.75 Å². The van der Waals surface area contributed by atoms with E-state index in [4.69, 9.17) is 21.7 Å². The zero-order chi connectivity index (χ0) is 15.6. The number of esters is 1. The van der Waals surface area contributed by atoms with Gasteiger partial charge in [-0.15, -0.1) is 0 Å². The first-order chi connectivity index (χ1) is 9.97. The number of methoxy groups -OCH3 is 2. The first-order valence-corrected chi connectivity index (χ1v) is 7.38. The second kappa shape index (κ2) is 6.44. The molecular formula is C14H15BrN2O3S. The van der Waals surface area contributed by atoms with Crippen LogP contribution in [0.1, 0.15) is 18.5 Å². The first-order valence-electron chi connectivity index (χ1n) is 6.18. The van der Waals surface area contributed by atoms with E-state index in [-0.39, 0.29) is 6.04 Å². The fourth-order valence-electron chi connectivity index (χ4n) is 2.19. The Labute approximate surface area is 136 Å². The van der Waals surface area contributed by atoms with Crippen molar-refractivity contribution in [1.29, 1.82) is 0 Å². The monoisotopic (exact) mass is 370 g/mol. The molecule has 5 nitrogen and oxygen atoms in total. The van der Waals surface area contributed by atoms with Crippen molar-refractivity contribution in [3.05, 3.63) is 39.5 Å². The molecule has 0 aliphatic carbocycles. The Bertz CT molecular complexity index is 631. The summed E-state index contributed by atoms with van der Waals surface area (Å²) < 4.78 is 10.9. The van der Waals surface area contributed by atoms with Crippen LogP contribution in [0.3, 0.4) is 0 Å². The van der Waals surface area contributed by atoms with Crippen LogP contribution in [0.2, 0.25) is 0 Å². The Kier molecular flexibility index (Phi) is 4.84. The van der Waals surface area contributed by atoms with Gasteiger partial charge >= 0.3 is 5.97 Å². The third-order valence-electron chi connectivity index (χ3n) is 3.18. The van der Waals surface area contributed by atoms with Crippen LogP contribution in [-0.2, 0) is 9.53 Å². The Morgan fingerprint density at radius 1 is 1.38 bits per heavy atom. The smallest absolute Gasteiger partial charge is 0.337 e. The minimum atomic E-state index is -0.396. The number of carbonyl (C=O) groups is 1. The van der Waals surface area contributed by atoms with Gasteiger partial charge in [0.15, 0.2) is 5.11 Å². The fraction of sp³-hybridized carbons (Fsp3) is 0.286. The number of hydrogen-bond acceptors (Lipinski definition) is 4. The molecule has 0 aromatic heterocycles. The van der Waals surface area contributed by atoms with E-state index >= 15 is 0 Å². The lowest BCUT2D eigenvalue weighted by atomic mass is 9.95. The lowest BCUT2D eigenvalue weighted by Gasteiger charge is -2.29. The number of hydrogen-bond donors (Lipinski definition) is 2. The summed E-state index contributed by atoms with van der Waals surface area (Å²) in [6.07, 6.45) is 0. The third kappa shape index (κ3) is 3.19. The third-order valence-corrected chi connectivity index (χ3v) is 4.02. The molecule has 0 unspecified atom stereocenters. The molecule has 0 bridgehead atoms. The predicted octanol–water partition coefficient (Wildman–Crippen LogP) is 2.42. The maximum Gasteiger partial charge on any atom is 0.337 e. The summed E-state index contributed by atoms with van der Waals surface area (Å²) >= 11 is 8.62. The van der Waals surface area contributed by atoms with Gasteiger partial charge in [-0.1, -0.05) is 6.07 Å². The van der Waals surface area contributed by atoms with Crippen molar-refractivity contribution < 1.29 is 14.3 Å². The van der Waals surface area contributed by atoms with Gasteiger partial charge in [-0.05, 0) is 52.8 Å². The summed E-state index contributed by atoms with van der Waals surface area (Å²) in [6.45, 7) is 1.80. The molecule has 1 aliphatic heterocycles. The van der Waals surface area contributed by atoms with Gasteiger partial charge in [-0.2, -0.15) is 0 Å². The van der Waals surface area contributed by atoms with Gasteiger partial charge in [0, 0.05) is 5.70 Å². The Hall–Kier alpha value is -1.60. The number of nitrogens with one attached hydrogen (secondary N) is 2. The van der Waals surface area contributed by atoms with Gasteiger partial charge in [0.25, 0.3) is 0 Å². The van der Waals surface area contributed by atoms with E-state index in [2.05, 4.69) is 26.6 Å². The molecule has 0 saturated carbocycles. The highest BCUT2D eigenvalue weighted by molar-refractivity contribution is 9.10. The van der Waals surface area contributed by atoms with Gasteiger partial charge in [-0.25, -0.2) is 4.79 Å². The Morgan fingerprint density at radius 2 is 2.10 bits per heavy atom. The first kappa shape index (κ1) is 15.8. The summed E-state index contributed by atoms with van der Waals surface area (Å²) in [7, 11) is 2.96. The van der Waals surface area contributed by atoms with E-state index in [0.717, 1.165) is 15.8 Å². The molecule has 1 aromatic carbocycles. The molecule has 1 heterocycles. The van der Waals surface area contributed by atoms with E-state index in [1.807, 2.05) is 18.2 Å². The number of carbonyl (C=O) groups excluding carboxylic acids is 1. The van der Waals surface area contributed by atoms with E-state index in [1.165, 1.54) is 7.11 Å². The summed E-state index contributed by atoms with van der Waals surface area (Å²) in [5.74, 6) is 0.322. The molecular weight excluding hydrogens is 356 g/mol. The highest BCUT2D eigenvalue weighted by Gasteiger charge is 2.30. The molecule has 1 aliphatic rings. The molecule has 0 spiro atoms. The van der Waals surface area contributed by atoms with Crippen LogP contribution in [0.15, 0.2) is 33.9 Å². The second-order valence-corrected chi connectivity index (χ2v) is 5.72. The highest BCUT2D eigenvalue weighted by atomic mass is 79.9. The molecule has 1 aromatic rings. The van der Waals surface area contributed by atoms with E-state index < -0.39 is 5.97 Å². The van der Waals surface area contributed by atoms with Crippen molar-refractivity contribution in [1.82, 2.24) is 10.6 Å². The number of thiocarbonyl (C=S) groups is 1. The van der Waals surface area contributed by atoms with Gasteiger partial charge < -0.3 is 20.1 Å². The number of benzene rings is 1. The molecule has 2 rings (SSSR count). The number of ether oxygens (including phenoxy) is 2. The van der Waals surface area contributed by atoms with Crippen molar-refractivity contribution >= 4 is 39.2 Å². The van der Waals surface area contributed by atoms with E-state index in [0.29, 0.717) is 16.4 Å². The van der Waals surface area contributed by atoms with E-state index in [1.54, 1.807) is 14.0 Å². The normalized spacial score (nSPS) is 17.9. The number of halogens is 1. The standard InChI is InChI=1S/C14H15BrN2O3S/c1-7-11(13(18)20-3)12(17-14(21)16-7)8-4-5-10(19-2)9(15)6-8/h4-6,12H,1-3H3,(H2,16,17,21)/t12-/m1/s1. The summed E-state index contributed by atoms with van der Waals surface area (Å²) in [5, 5.41) is 6.51. The van der Waals surface area contributed by atoms with Crippen LogP contribution in [0.25, 0.3) is 0 Å². The number of allylic oxidation sites excluding steroid dienone is 1. The summed E-state index contributed by atoms with van der Waals surface area (Å²) in [4.78, 5) is 12.0. The molecule has 0 radical (unpaired) electrons. The average molecular weight is 371 g/mol. The lowest BCUT2D eigenvalue weighted by Crippen LogP contribution is -2.45. The zero-order valence-electron chi connectivity index (χ0n) is 11.8. The minimum Gasteiger partial charge on any atom is -0.496 e. The van der Waals surface area contributed by atoms with Gasteiger partial charge in [0.05, 0.1) is 30.3 Å². The second-order valence-electron chi connectivity index (χ2n) is 4.46. The molecule has 7 heteroatoms. The topological polar surface area (TPSA) is 59.6 Å². The maximum atomic E-state index is 12.0. The quantitative estimate of drug-likeness (QED) is 0.629. The minimum absolute atomic E-state index is 0.367. The van der Waals surface area contributed by atoms with Crippen molar-refractivity contribution in [2.24, 2.45) is 0 Å². The van der Waals surface area contributed by atoms with Gasteiger partial charge in [0.2, 0.25) is 0 Å². The molecule has 21 heavy (non-hydrogen) atoms. The van der Waals surface area contributed by atoms with Crippen molar-refractivity contribution in [2.75, 3.05) is 14.2 Å². The fourth-order valence-corrected chi connectivity index (χ4v) is 3.02.